The second-order valence-corrected chi connectivity index (χ2v) is 4.90. The largest absolute Gasteiger partial charge is 0.465 e. The Morgan fingerprint density at radius 2 is 2.28 bits per heavy atom. The Hall–Kier alpha value is -1.75. The van der Waals surface area contributed by atoms with Crippen LogP contribution in [0.25, 0.3) is 0 Å². The summed E-state index contributed by atoms with van der Waals surface area (Å²) in [5, 5.41) is 9.97. The van der Waals surface area contributed by atoms with Crippen molar-refractivity contribution in [3.8, 4) is 0 Å². The first kappa shape index (κ1) is 12.7. The van der Waals surface area contributed by atoms with Crippen molar-refractivity contribution in [2.75, 3.05) is 30.8 Å². The summed E-state index contributed by atoms with van der Waals surface area (Å²) in [5.41, 5.74) is 6.84. The molecular formula is C13H18N2O3. The number of β-amino-alcohol motifs (C(OH)–C–C–N with tert-alkyl or cyclic N) is 1. The maximum atomic E-state index is 11.6. The van der Waals surface area contributed by atoms with Gasteiger partial charge in [0.15, 0.2) is 0 Å². The van der Waals surface area contributed by atoms with Crippen molar-refractivity contribution in [2.45, 2.75) is 18.9 Å². The van der Waals surface area contributed by atoms with Crippen LogP contribution in [0.5, 0.6) is 0 Å². The highest BCUT2D eigenvalue weighted by atomic mass is 16.5. The van der Waals surface area contributed by atoms with E-state index in [1.165, 1.54) is 7.11 Å². The maximum Gasteiger partial charge on any atom is 0.340 e. The van der Waals surface area contributed by atoms with Crippen molar-refractivity contribution in [1.29, 1.82) is 0 Å². The fraction of sp³-hybridized carbons (Fsp3) is 0.462. The molecule has 98 valence electrons. The van der Waals surface area contributed by atoms with Crippen LogP contribution < -0.4 is 10.6 Å². The molecule has 0 amide bonds. The number of nitrogens with two attached hydrogens (primary N) is 1. The third-order valence-electron chi connectivity index (χ3n) is 3.28. The highest BCUT2D eigenvalue weighted by molar-refractivity contribution is 5.98. The summed E-state index contributed by atoms with van der Waals surface area (Å²) in [7, 11) is 1.33. The van der Waals surface area contributed by atoms with Crippen LogP contribution in [0.2, 0.25) is 0 Å². The summed E-state index contributed by atoms with van der Waals surface area (Å²) in [6, 6.07) is 5.26. The van der Waals surface area contributed by atoms with E-state index in [0.29, 0.717) is 24.2 Å². The molecule has 1 atom stereocenters. The van der Waals surface area contributed by atoms with Crippen LogP contribution in [0.3, 0.4) is 0 Å². The van der Waals surface area contributed by atoms with Crippen molar-refractivity contribution >= 4 is 17.3 Å². The molecule has 1 unspecified atom stereocenters. The highest BCUT2D eigenvalue weighted by Gasteiger charge is 2.32. The molecule has 1 aliphatic heterocycles. The standard InChI is InChI=1S/C13H18N2O3/c1-13(17)6-7-15(8-13)10-5-3-4-9(11(10)14)12(16)18-2/h3-5,17H,6-8,14H2,1-2H3. The van der Waals surface area contributed by atoms with E-state index < -0.39 is 11.6 Å². The molecular weight excluding hydrogens is 232 g/mol. The number of carbonyl (C=O) groups excluding carboxylic acids is 1. The van der Waals surface area contributed by atoms with E-state index in [4.69, 9.17) is 5.73 Å². The molecule has 1 aromatic carbocycles. The molecule has 5 nitrogen and oxygen atoms in total. The van der Waals surface area contributed by atoms with Gasteiger partial charge in [0, 0.05) is 13.1 Å². The average Bonchev–Trinajstić information content (AvgIpc) is 2.69. The molecule has 2 rings (SSSR count). The number of para-hydroxylation sites is 1. The predicted molar refractivity (Wildman–Crippen MR) is 69.6 cm³/mol. The van der Waals surface area contributed by atoms with Gasteiger partial charge in [0.2, 0.25) is 0 Å². The van der Waals surface area contributed by atoms with Gasteiger partial charge in [0.05, 0.1) is 29.6 Å². The van der Waals surface area contributed by atoms with E-state index in [9.17, 15) is 9.90 Å². The number of rotatable bonds is 2. The van der Waals surface area contributed by atoms with Crippen LogP contribution >= 0.6 is 0 Å². The first-order chi connectivity index (χ1) is 8.44. The van der Waals surface area contributed by atoms with Crippen molar-refractivity contribution in [3.05, 3.63) is 23.8 Å². The summed E-state index contributed by atoms with van der Waals surface area (Å²) < 4.78 is 4.69. The number of methoxy groups -OCH3 is 1. The van der Waals surface area contributed by atoms with Crippen molar-refractivity contribution in [2.24, 2.45) is 0 Å². The monoisotopic (exact) mass is 250 g/mol. The molecule has 18 heavy (non-hydrogen) atoms. The van der Waals surface area contributed by atoms with Crippen LogP contribution in [0.15, 0.2) is 18.2 Å². The van der Waals surface area contributed by atoms with Gasteiger partial charge >= 0.3 is 5.97 Å². The van der Waals surface area contributed by atoms with Gasteiger partial charge in [-0.2, -0.15) is 0 Å². The fourth-order valence-corrected chi connectivity index (χ4v) is 2.27. The Morgan fingerprint density at radius 3 is 2.83 bits per heavy atom. The predicted octanol–water partition coefficient (Wildman–Crippen LogP) is 1.02. The summed E-state index contributed by atoms with van der Waals surface area (Å²) in [6.45, 7) is 3.04. The fourth-order valence-electron chi connectivity index (χ4n) is 2.27. The van der Waals surface area contributed by atoms with Crippen molar-refractivity contribution in [1.82, 2.24) is 0 Å². The third kappa shape index (κ3) is 2.26. The number of anilines is 2. The van der Waals surface area contributed by atoms with Gasteiger partial charge in [-0.15, -0.1) is 0 Å². The molecule has 1 saturated heterocycles. The van der Waals surface area contributed by atoms with Gasteiger partial charge < -0.3 is 20.5 Å². The molecule has 0 aliphatic carbocycles. The zero-order valence-electron chi connectivity index (χ0n) is 10.6. The molecule has 5 heteroatoms. The van der Waals surface area contributed by atoms with Crippen LogP contribution in [0, 0.1) is 0 Å². The molecule has 0 bridgehead atoms. The number of hydrogen-bond donors (Lipinski definition) is 2. The van der Waals surface area contributed by atoms with Crippen LogP contribution in [0.1, 0.15) is 23.7 Å². The van der Waals surface area contributed by atoms with E-state index in [1.807, 2.05) is 11.0 Å². The Morgan fingerprint density at radius 1 is 1.56 bits per heavy atom. The molecule has 1 aromatic rings. The minimum absolute atomic E-state index is 0.363. The van der Waals surface area contributed by atoms with Crippen molar-refractivity contribution in [3.63, 3.8) is 0 Å². The van der Waals surface area contributed by atoms with E-state index in [2.05, 4.69) is 4.74 Å². The van der Waals surface area contributed by atoms with Gasteiger partial charge in [-0.25, -0.2) is 4.79 Å². The number of carbonyl (C=O) groups is 1. The minimum Gasteiger partial charge on any atom is -0.465 e. The Kier molecular flexibility index (Phi) is 3.17. The molecule has 0 spiro atoms. The zero-order valence-corrected chi connectivity index (χ0v) is 10.6. The lowest BCUT2D eigenvalue weighted by molar-refractivity contribution is 0.0602. The average molecular weight is 250 g/mol. The van der Waals surface area contributed by atoms with Crippen LogP contribution in [-0.4, -0.2) is 36.9 Å². The third-order valence-corrected chi connectivity index (χ3v) is 3.28. The number of ether oxygens (including phenoxy) is 1. The quantitative estimate of drug-likeness (QED) is 0.605. The Balaban J connectivity index is 2.32. The minimum atomic E-state index is -0.701. The molecule has 3 N–H and O–H groups in total. The molecule has 0 radical (unpaired) electrons. The second kappa shape index (κ2) is 4.49. The summed E-state index contributed by atoms with van der Waals surface area (Å²) in [5.74, 6) is -0.444. The molecule has 1 heterocycles. The SMILES string of the molecule is COC(=O)c1cccc(N2CCC(C)(O)C2)c1N. The van der Waals surface area contributed by atoms with Gasteiger partial charge in [-0.3, -0.25) is 0 Å². The number of hydrogen-bond acceptors (Lipinski definition) is 5. The second-order valence-electron chi connectivity index (χ2n) is 4.90. The summed E-state index contributed by atoms with van der Waals surface area (Å²) in [4.78, 5) is 13.5. The maximum absolute atomic E-state index is 11.6. The summed E-state index contributed by atoms with van der Waals surface area (Å²) >= 11 is 0. The van der Waals surface area contributed by atoms with Gasteiger partial charge in [0.1, 0.15) is 0 Å². The van der Waals surface area contributed by atoms with Crippen LogP contribution in [0.4, 0.5) is 11.4 Å². The van der Waals surface area contributed by atoms with Gasteiger partial charge in [-0.1, -0.05) is 6.07 Å². The normalized spacial score (nSPS) is 23.2. The Bertz CT molecular complexity index is 471. The zero-order chi connectivity index (χ0) is 13.3. The Labute approximate surface area is 106 Å². The lowest BCUT2D eigenvalue weighted by Crippen LogP contribution is -2.30. The topological polar surface area (TPSA) is 75.8 Å². The number of esters is 1. The number of nitrogens with zero attached hydrogens (tertiary/aromatic N) is 1. The number of benzene rings is 1. The van der Waals surface area contributed by atoms with Crippen molar-refractivity contribution < 1.29 is 14.6 Å². The first-order valence-corrected chi connectivity index (χ1v) is 5.89. The number of aliphatic hydroxyl groups is 1. The van der Waals surface area contributed by atoms with Gasteiger partial charge in [-0.05, 0) is 25.5 Å². The smallest absolute Gasteiger partial charge is 0.340 e. The van der Waals surface area contributed by atoms with E-state index >= 15 is 0 Å². The van der Waals surface area contributed by atoms with Crippen LogP contribution in [-0.2, 0) is 4.74 Å². The molecule has 0 aromatic heterocycles. The molecule has 1 fully saturated rings. The molecule has 0 saturated carbocycles. The highest BCUT2D eigenvalue weighted by Crippen LogP contribution is 2.32. The first-order valence-electron chi connectivity index (χ1n) is 5.89. The van der Waals surface area contributed by atoms with E-state index in [1.54, 1.807) is 19.1 Å². The molecule has 1 aliphatic rings. The lowest BCUT2D eigenvalue weighted by atomic mass is 10.1. The van der Waals surface area contributed by atoms with Gasteiger partial charge in [0.25, 0.3) is 0 Å². The number of nitrogen functional groups attached to an aromatic ring is 1. The van der Waals surface area contributed by atoms with E-state index in [0.717, 1.165) is 12.2 Å². The lowest BCUT2D eigenvalue weighted by Gasteiger charge is -2.23. The van der Waals surface area contributed by atoms with E-state index in [-0.39, 0.29) is 0 Å². The summed E-state index contributed by atoms with van der Waals surface area (Å²) in [6.07, 6.45) is 0.689.